The normalized spacial score (nSPS) is 23.0. The van der Waals surface area contributed by atoms with Gasteiger partial charge in [-0.1, -0.05) is 6.92 Å². The van der Waals surface area contributed by atoms with Crippen LogP contribution in [0.3, 0.4) is 0 Å². The number of guanidine groups is 1. The molecule has 1 aromatic heterocycles. The number of ether oxygens (including phenoxy) is 1. The van der Waals surface area contributed by atoms with E-state index in [1.807, 2.05) is 18.4 Å². The molecule has 0 spiro atoms. The number of rotatable bonds is 5. The molecule has 5 nitrogen and oxygen atoms in total. The van der Waals surface area contributed by atoms with Crippen molar-refractivity contribution >= 4 is 53.0 Å². The molecule has 2 aliphatic heterocycles. The lowest BCUT2D eigenvalue weighted by Gasteiger charge is -2.37. The van der Waals surface area contributed by atoms with Crippen LogP contribution in [-0.4, -0.2) is 79.7 Å². The molecule has 0 aromatic carbocycles. The molecule has 2 saturated heterocycles. The molecule has 2 atom stereocenters. The third-order valence-corrected chi connectivity index (χ3v) is 7.61. The fourth-order valence-corrected chi connectivity index (χ4v) is 5.80. The van der Waals surface area contributed by atoms with Gasteiger partial charge in [-0.15, -0.1) is 35.3 Å². The van der Waals surface area contributed by atoms with Crippen molar-refractivity contribution in [3.8, 4) is 0 Å². The number of morpholine rings is 1. The van der Waals surface area contributed by atoms with Crippen molar-refractivity contribution in [1.29, 1.82) is 0 Å². The van der Waals surface area contributed by atoms with E-state index < -0.39 is 0 Å². The van der Waals surface area contributed by atoms with Gasteiger partial charge < -0.3 is 15.0 Å². The quantitative estimate of drug-likeness (QED) is 0.363. The summed E-state index contributed by atoms with van der Waals surface area (Å²) in [6, 6.07) is 4.90. The van der Waals surface area contributed by atoms with Gasteiger partial charge in [0, 0.05) is 60.5 Å². The zero-order valence-electron chi connectivity index (χ0n) is 16.6. The number of thioether (sulfide) groups is 1. The summed E-state index contributed by atoms with van der Waals surface area (Å²) in [5.41, 5.74) is 0. The highest BCUT2D eigenvalue weighted by Crippen LogP contribution is 2.28. The molecule has 2 unspecified atom stereocenters. The largest absolute Gasteiger partial charge is 0.379 e. The monoisotopic (exact) mass is 524 g/mol. The van der Waals surface area contributed by atoms with Gasteiger partial charge in [-0.25, -0.2) is 0 Å². The first kappa shape index (κ1) is 23.3. The number of thiophene rings is 1. The Hall–Kier alpha value is -0.0300. The fourth-order valence-electron chi connectivity index (χ4n) is 3.61. The predicted molar refractivity (Wildman–Crippen MR) is 129 cm³/mol. The molecule has 2 fully saturated rings. The zero-order chi connectivity index (χ0) is 18.4. The van der Waals surface area contributed by atoms with Gasteiger partial charge in [0.15, 0.2) is 5.96 Å². The Kier molecular flexibility index (Phi) is 10.2. The highest BCUT2D eigenvalue weighted by atomic mass is 127. The molecular weight excluding hydrogens is 491 g/mol. The Bertz CT molecular complexity index is 592. The van der Waals surface area contributed by atoms with Gasteiger partial charge in [-0.3, -0.25) is 9.89 Å². The van der Waals surface area contributed by atoms with Crippen LogP contribution in [0.4, 0.5) is 0 Å². The molecule has 2 aliphatic rings. The summed E-state index contributed by atoms with van der Waals surface area (Å²) >= 11 is 4.01. The van der Waals surface area contributed by atoms with Gasteiger partial charge in [0.25, 0.3) is 0 Å². The van der Waals surface area contributed by atoms with Crippen LogP contribution in [0.15, 0.2) is 17.1 Å². The van der Waals surface area contributed by atoms with E-state index in [1.165, 1.54) is 21.9 Å². The molecule has 0 radical (unpaired) electrons. The SMILES string of the molecule is CCC1CN(C(=NC)NCC(c2ccc(C)s2)N2CCOCC2)CCS1.I. The fraction of sp³-hybridized carbons (Fsp3) is 0.737. The summed E-state index contributed by atoms with van der Waals surface area (Å²) in [4.78, 5) is 12.4. The Balaban J connectivity index is 0.00000261. The molecule has 1 N–H and O–H groups in total. The minimum Gasteiger partial charge on any atom is -0.379 e. The van der Waals surface area contributed by atoms with Gasteiger partial charge in [-0.2, -0.15) is 11.8 Å². The van der Waals surface area contributed by atoms with Crippen molar-refractivity contribution in [2.24, 2.45) is 4.99 Å². The van der Waals surface area contributed by atoms with E-state index in [0.29, 0.717) is 6.04 Å². The van der Waals surface area contributed by atoms with Crippen LogP contribution in [-0.2, 0) is 4.74 Å². The molecule has 0 saturated carbocycles. The van der Waals surface area contributed by atoms with E-state index in [-0.39, 0.29) is 24.0 Å². The second kappa shape index (κ2) is 11.8. The molecule has 154 valence electrons. The average Bonchev–Trinajstić information content (AvgIpc) is 3.12. The molecular formula is C19H33IN4OS2. The summed E-state index contributed by atoms with van der Waals surface area (Å²) in [6.45, 7) is 11.2. The van der Waals surface area contributed by atoms with E-state index in [0.717, 1.165) is 57.1 Å². The first-order valence-corrected chi connectivity index (χ1v) is 11.5. The predicted octanol–water partition coefficient (Wildman–Crippen LogP) is 3.45. The number of nitrogens with zero attached hydrogens (tertiary/aromatic N) is 3. The number of hydrogen-bond acceptors (Lipinski definition) is 5. The number of hydrogen-bond donors (Lipinski definition) is 1. The summed E-state index contributed by atoms with van der Waals surface area (Å²) < 4.78 is 5.56. The second-order valence-corrected chi connectivity index (χ2v) is 9.62. The number of aryl methyl sites for hydroxylation is 1. The Labute approximate surface area is 189 Å². The first-order valence-electron chi connectivity index (χ1n) is 9.66. The second-order valence-electron chi connectivity index (χ2n) is 6.89. The van der Waals surface area contributed by atoms with Gasteiger partial charge in [0.05, 0.1) is 19.3 Å². The molecule has 27 heavy (non-hydrogen) atoms. The maximum Gasteiger partial charge on any atom is 0.193 e. The lowest BCUT2D eigenvalue weighted by atomic mass is 10.2. The van der Waals surface area contributed by atoms with Gasteiger partial charge in [0.1, 0.15) is 0 Å². The van der Waals surface area contributed by atoms with Gasteiger partial charge >= 0.3 is 0 Å². The molecule has 8 heteroatoms. The zero-order valence-corrected chi connectivity index (χ0v) is 20.6. The third kappa shape index (κ3) is 6.48. The number of nitrogens with one attached hydrogen (secondary N) is 1. The van der Waals surface area contributed by atoms with Crippen LogP contribution in [0.2, 0.25) is 0 Å². The van der Waals surface area contributed by atoms with Crippen LogP contribution >= 0.6 is 47.1 Å². The summed E-state index contributed by atoms with van der Waals surface area (Å²) in [6.07, 6.45) is 1.23. The van der Waals surface area contributed by atoms with Crippen molar-refractivity contribution in [2.45, 2.75) is 31.6 Å². The van der Waals surface area contributed by atoms with Gasteiger partial charge in [0.2, 0.25) is 0 Å². The minimum absolute atomic E-state index is 0. The third-order valence-electron chi connectivity index (χ3n) is 5.14. The average molecular weight is 525 g/mol. The van der Waals surface area contributed by atoms with Crippen LogP contribution < -0.4 is 5.32 Å². The Morgan fingerprint density at radius 3 is 2.74 bits per heavy atom. The van der Waals surface area contributed by atoms with Crippen LogP contribution in [0.25, 0.3) is 0 Å². The van der Waals surface area contributed by atoms with Crippen molar-refractivity contribution in [3.05, 3.63) is 21.9 Å². The smallest absolute Gasteiger partial charge is 0.193 e. The molecule has 0 bridgehead atoms. The lowest BCUT2D eigenvalue weighted by molar-refractivity contribution is 0.0176. The highest BCUT2D eigenvalue weighted by Gasteiger charge is 2.26. The van der Waals surface area contributed by atoms with Crippen molar-refractivity contribution < 1.29 is 4.74 Å². The molecule has 1 aromatic rings. The van der Waals surface area contributed by atoms with Crippen molar-refractivity contribution in [2.75, 3.05) is 58.7 Å². The van der Waals surface area contributed by atoms with E-state index in [9.17, 15) is 0 Å². The molecule has 0 aliphatic carbocycles. The number of aliphatic imine (C=N–C) groups is 1. The maximum atomic E-state index is 5.56. The first-order chi connectivity index (χ1) is 12.7. The van der Waals surface area contributed by atoms with Gasteiger partial charge in [-0.05, 0) is 25.5 Å². The Morgan fingerprint density at radius 2 is 2.11 bits per heavy atom. The standard InChI is InChI=1S/C19H32N4OS2.HI/c1-4-16-14-23(9-12-25-16)19(20-3)21-13-17(18-6-5-15(2)26-18)22-7-10-24-11-8-22;/h5-6,16-17H,4,7-14H2,1-3H3,(H,20,21);1H. The van der Waals surface area contributed by atoms with E-state index >= 15 is 0 Å². The maximum absolute atomic E-state index is 5.56. The molecule has 3 heterocycles. The van der Waals surface area contributed by atoms with Crippen molar-refractivity contribution in [3.63, 3.8) is 0 Å². The van der Waals surface area contributed by atoms with Crippen molar-refractivity contribution in [1.82, 2.24) is 15.1 Å². The summed E-state index contributed by atoms with van der Waals surface area (Å²) in [7, 11) is 1.91. The lowest BCUT2D eigenvalue weighted by Crippen LogP contribution is -2.50. The molecule has 3 rings (SSSR count). The summed E-state index contributed by atoms with van der Waals surface area (Å²) in [5, 5.41) is 4.40. The summed E-state index contributed by atoms with van der Waals surface area (Å²) in [5.74, 6) is 2.24. The van der Waals surface area contributed by atoms with Crippen LogP contribution in [0.1, 0.15) is 29.1 Å². The highest BCUT2D eigenvalue weighted by molar-refractivity contribution is 14.0. The van der Waals surface area contributed by atoms with E-state index in [4.69, 9.17) is 4.74 Å². The number of halogens is 1. The topological polar surface area (TPSA) is 40.1 Å². The molecule has 0 amide bonds. The van der Waals surface area contributed by atoms with Crippen LogP contribution in [0.5, 0.6) is 0 Å². The van der Waals surface area contributed by atoms with E-state index in [2.05, 4.69) is 57.9 Å². The Morgan fingerprint density at radius 1 is 1.33 bits per heavy atom. The van der Waals surface area contributed by atoms with Crippen LogP contribution in [0, 0.1) is 6.92 Å². The van der Waals surface area contributed by atoms with E-state index in [1.54, 1.807) is 0 Å². The minimum atomic E-state index is 0.